The molecule has 0 fully saturated rings. The fourth-order valence-corrected chi connectivity index (χ4v) is 2.95. The number of benzene rings is 2. The third-order valence-corrected chi connectivity index (χ3v) is 4.03. The zero-order chi connectivity index (χ0) is 13.3. The Balaban J connectivity index is 2.03. The highest BCUT2D eigenvalue weighted by molar-refractivity contribution is 5.37. The summed E-state index contributed by atoms with van der Waals surface area (Å²) in [7, 11) is 0. The van der Waals surface area contributed by atoms with Crippen LogP contribution in [0.3, 0.4) is 0 Å². The molecule has 1 aliphatic rings. The van der Waals surface area contributed by atoms with Crippen LogP contribution in [-0.2, 0) is 12.0 Å². The minimum Gasteiger partial charge on any atom is -0.383 e. The minimum atomic E-state index is -0.905. The van der Waals surface area contributed by atoms with Crippen molar-refractivity contribution in [3.63, 3.8) is 0 Å². The Kier molecular flexibility index (Phi) is 3.13. The van der Waals surface area contributed by atoms with Crippen molar-refractivity contribution in [2.45, 2.75) is 25.0 Å². The molecule has 0 aromatic heterocycles. The summed E-state index contributed by atoms with van der Waals surface area (Å²) in [5, 5.41) is 14.5. The van der Waals surface area contributed by atoms with Crippen molar-refractivity contribution in [3.05, 3.63) is 71.3 Å². The van der Waals surface area contributed by atoms with Crippen LogP contribution >= 0.6 is 0 Å². The molecule has 2 heteroatoms. The molecule has 98 valence electrons. The first-order chi connectivity index (χ1) is 9.19. The molecule has 2 N–H and O–H groups in total. The third kappa shape index (κ3) is 2.18. The molecule has 0 spiro atoms. The first kappa shape index (κ1) is 12.4. The van der Waals surface area contributed by atoms with E-state index in [9.17, 15) is 5.11 Å². The average Bonchev–Trinajstić information content (AvgIpc) is 2.47. The summed E-state index contributed by atoms with van der Waals surface area (Å²) >= 11 is 0. The van der Waals surface area contributed by atoms with E-state index in [0.29, 0.717) is 0 Å². The van der Waals surface area contributed by atoms with Gasteiger partial charge in [0.25, 0.3) is 0 Å². The van der Waals surface area contributed by atoms with Gasteiger partial charge in [0, 0.05) is 0 Å². The Morgan fingerprint density at radius 3 is 2.53 bits per heavy atom. The van der Waals surface area contributed by atoms with Gasteiger partial charge in [-0.1, -0.05) is 54.6 Å². The maximum absolute atomic E-state index is 11.0. The van der Waals surface area contributed by atoms with Crippen LogP contribution in [0.25, 0.3) is 0 Å². The molecular weight excluding hydrogens is 234 g/mol. The van der Waals surface area contributed by atoms with Gasteiger partial charge in [-0.05, 0) is 36.6 Å². The minimum absolute atomic E-state index is 0.0557. The van der Waals surface area contributed by atoms with E-state index in [2.05, 4.69) is 23.5 Å². The molecule has 2 unspecified atom stereocenters. The lowest BCUT2D eigenvalue weighted by molar-refractivity contribution is 0.0118. The molecule has 0 bridgehead atoms. The maximum Gasteiger partial charge on any atom is 0.106 e. The van der Waals surface area contributed by atoms with Gasteiger partial charge >= 0.3 is 0 Å². The summed E-state index contributed by atoms with van der Waals surface area (Å²) in [5.74, 6) is 0. The monoisotopic (exact) mass is 253 g/mol. The summed E-state index contributed by atoms with van der Waals surface area (Å²) in [5.41, 5.74) is 2.59. The Morgan fingerprint density at radius 2 is 1.74 bits per heavy atom. The molecule has 0 saturated carbocycles. The first-order valence-corrected chi connectivity index (χ1v) is 6.78. The van der Waals surface area contributed by atoms with Crippen LogP contribution in [0.5, 0.6) is 0 Å². The van der Waals surface area contributed by atoms with E-state index >= 15 is 0 Å². The van der Waals surface area contributed by atoms with Gasteiger partial charge in [0.15, 0.2) is 0 Å². The zero-order valence-electron chi connectivity index (χ0n) is 11.1. The summed E-state index contributed by atoms with van der Waals surface area (Å²) in [6, 6.07) is 18.2. The molecule has 2 nitrogen and oxygen atoms in total. The van der Waals surface area contributed by atoms with Crippen molar-refractivity contribution >= 4 is 0 Å². The van der Waals surface area contributed by atoms with Gasteiger partial charge < -0.3 is 10.4 Å². The largest absolute Gasteiger partial charge is 0.383 e. The summed E-state index contributed by atoms with van der Waals surface area (Å²) in [4.78, 5) is 0. The van der Waals surface area contributed by atoms with E-state index in [1.165, 1.54) is 11.1 Å². The Morgan fingerprint density at radius 1 is 1.05 bits per heavy atom. The molecule has 19 heavy (non-hydrogen) atoms. The van der Waals surface area contributed by atoms with E-state index < -0.39 is 5.60 Å². The van der Waals surface area contributed by atoms with Gasteiger partial charge in [-0.2, -0.15) is 0 Å². The Labute approximate surface area is 114 Å². The highest BCUT2D eigenvalue weighted by Gasteiger charge is 2.37. The Hall–Kier alpha value is -1.64. The standard InChI is InChI=1S/C17H19NO/c1-17(19,14-8-3-2-4-9-14)16-15-10-6-5-7-13(15)11-12-18-16/h2-10,16,18-19H,11-12H2,1H3. The Bertz CT molecular complexity index is 562. The third-order valence-electron chi connectivity index (χ3n) is 4.03. The predicted molar refractivity (Wildman–Crippen MR) is 76.9 cm³/mol. The van der Waals surface area contributed by atoms with Gasteiger partial charge in [-0.15, -0.1) is 0 Å². The van der Waals surface area contributed by atoms with E-state index in [4.69, 9.17) is 0 Å². The van der Waals surface area contributed by atoms with Crippen molar-refractivity contribution in [3.8, 4) is 0 Å². The first-order valence-electron chi connectivity index (χ1n) is 6.78. The molecule has 2 atom stereocenters. The molecular formula is C17H19NO. The number of nitrogens with one attached hydrogen (secondary N) is 1. The van der Waals surface area contributed by atoms with E-state index in [1.54, 1.807) is 0 Å². The second-order valence-electron chi connectivity index (χ2n) is 5.35. The molecule has 0 saturated heterocycles. The summed E-state index contributed by atoms with van der Waals surface area (Å²) in [6.45, 7) is 2.80. The van der Waals surface area contributed by atoms with Gasteiger partial charge in [-0.25, -0.2) is 0 Å². The predicted octanol–water partition coefficient (Wildman–Crippen LogP) is 2.78. The van der Waals surface area contributed by atoms with Crippen molar-refractivity contribution in [1.82, 2.24) is 5.32 Å². The van der Waals surface area contributed by atoms with Crippen LogP contribution in [0.4, 0.5) is 0 Å². The summed E-state index contributed by atoms with van der Waals surface area (Å²) < 4.78 is 0. The van der Waals surface area contributed by atoms with Crippen LogP contribution in [0.15, 0.2) is 54.6 Å². The zero-order valence-corrected chi connectivity index (χ0v) is 11.1. The van der Waals surface area contributed by atoms with E-state index in [0.717, 1.165) is 18.5 Å². The average molecular weight is 253 g/mol. The van der Waals surface area contributed by atoms with Crippen LogP contribution in [0.1, 0.15) is 29.7 Å². The van der Waals surface area contributed by atoms with Gasteiger partial charge in [0.05, 0.1) is 6.04 Å². The van der Waals surface area contributed by atoms with Crippen molar-refractivity contribution in [2.75, 3.05) is 6.54 Å². The molecule has 1 heterocycles. The topological polar surface area (TPSA) is 32.3 Å². The van der Waals surface area contributed by atoms with Crippen LogP contribution in [-0.4, -0.2) is 11.7 Å². The lowest BCUT2D eigenvalue weighted by Gasteiger charge is -2.38. The fraction of sp³-hybridized carbons (Fsp3) is 0.294. The lowest BCUT2D eigenvalue weighted by atomic mass is 9.80. The number of fused-ring (bicyclic) bond motifs is 1. The molecule has 1 aliphatic heterocycles. The quantitative estimate of drug-likeness (QED) is 0.862. The fourth-order valence-electron chi connectivity index (χ4n) is 2.95. The van der Waals surface area contributed by atoms with E-state index in [-0.39, 0.29) is 6.04 Å². The normalized spacial score (nSPS) is 21.5. The van der Waals surface area contributed by atoms with Crippen LogP contribution < -0.4 is 5.32 Å². The van der Waals surface area contributed by atoms with Gasteiger partial charge in [0.1, 0.15) is 5.60 Å². The molecule has 2 aromatic rings. The van der Waals surface area contributed by atoms with Crippen molar-refractivity contribution in [1.29, 1.82) is 0 Å². The lowest BCUT2D eigenvalue weighted by Crippen LogP contribution is -2.43. The van der Waals surface area contributed by atoms with Crippen molar-refractivity contribution in [2.24, 2.45) is 0 Å². The molecule has 0 radical (unpaired) electrons. The van der Waals surface area contributed by atoms with E-state index in [1.807, 2.05) is 43.3 Å². The number of hydrogen-bond acceptors (Lipinski definition) is 2. The highest BCUT2D eigenvalue weighted by atomic mass is 16.3. The maximum atomic E-state index is 11.0. The summed E-state index contributed by atoms with van der Waals surface area (Å²) in [6.07, 6.45) is 1.03. The number of aliphatic hydroxyl groups is 1. The van der Waals surface area contributed by atoms with Gasteiger partial charge in [0.2, 0.25) is 0 Å². The van der Waals surface area contributed by atoms with Crippen LogP contribution in [0, 0.1) is 0 Å². The number of rotatable bonds is 2. The van der Waals surface area contributed by atoms with Crippen LogP contribution in [0.2, 0.25) is 0 Å². The molecule has 3 rings (SSSR count). The second kappa shape index (κ2) is 4.80. The van der Waals surface area contributed by atoms with Gasteiger partial charge in [-0.3, -0.25) is 0 Å². The smallest absolute Gasteiger partial charge is 0.106 e. The molecule has 0 amide bonds. The highest BCUT2D eigenvalue weighted by Crippen LogP contribution is 2.37. The second-order valence-corrected chi connectivity index (χ2v) is 5.35. The number of hydrogen-bond donors (Lipinski definition) is 2. The SMILES string of the molecule is CC(O)(c1ccccc1)C1NCCc2ccccc21. The van der Waals surface area contributed by atoms with Crippen molar-refractivity contribution < 1.29 is 5.11 Å². The molecule has 2 aromatic carbocycles. The molecule has 0 aliphatic carbocycles.